The molecular weight excluding hydrogens is 226 g/mol. The van der Waals surface area contributed by atoms with Crippen LogP contribution in [-0.4, -0.2) is 21.3 Å². The van der Waals surface area contributed by atoms with Crippen LogP contribution in [-0.2, 0) is 0 Å². The molecular formula is C15H25NO2. The highest BCUT2D eigenvalue weighted by Gasteiger charge is 2.22. The summed E-state index contributed by atoms with van der Waals surface area (Å²) in [5.41, 5.74) is 1.17. The molecule has 3 nitrogen and oxygen atoms in total. The molecule has 1 aromatic carbocycles. The Bertz CT molecular complexity index is 362. The maximum absolute atomic E-state index is 5.47. The summed E-state index contributed by atoms with van der Waals surface area (Å²) in [6.45, 7) is 4.45. The summed E-state index contributed by atoms with van der Waals surface area (Å²) in [6.07, 6.45) is 2.28. The minimum Gasteiger partial charge on any atom is -0.497 e. The van der Waals surface area contributed by atoms with E-state index in [0.717, 1.165) is 24.3 Å². The average molecular weight is 251 g/mol. The molecule has 0 aromatic heterocycles. The van der Waals surface area contributed by atoms with E-state index in [0.29, 0.717) is 12.0 Å². The molecule has 0 bridgehead atoms. The van der Waals surface area contributed by atoms with Crippen LogP contribution in [0.1, 0.15) is 38.3 Å². The molecule has 1 rings (SSSR count). The Morgan fingerprint density at radius 2 is 1.78 bits per heavy atom. The third-order valence-corrected chi connectivity index (χ3v) is 3.60. The highest BCUT2D eigenvalue weighted by atomic mass is 16.5. The molecule has 1 atom stereocenters. The zero-order valence-electron chi connectivity index (χ0n) is 12.1. The van der Waals surface area contributed by atoms with Gasteiger partial charge in [0.15, 0.2) is 0 Å². The molecule has 0 heterocycles. The molecule has 0 fully saturated rings. The fraction of sp³-hybridized carbons (Fsp3) is 0.600. The molecule has 0 spiro atoms. The van der Waals surface area contributed by atoms with E-state index in [-0.39, 0.29) is 0 Å². The smallest absolute Gasteiger partial charge is 0.123 e. The zero-order chi connectivity index (χ0) is 13.5. The van der Waals surface area contributed by atoms with Gasteiger partial charge in [0.1, 0.15) is 11.5 Å². The van der Waals surface area contributed by atoms with Crippen molar-refractivity contribution in [3.05, 3.63) is 23.8 Å². The van der Waals surface area contributed by atoms with Gasteiger partial charge >= 0.3 is 0 Å². The van der Waals surface area contributed by atoms with Crippen molar-refractivity contribution >= 4 is 0 Å². The van der Waals surface area contributed by atoms with Gasteiger partial charge in [-0.15, -0.1) is 0 Å². The van der Waals surface area contributed by atoms with E-state index >= 15 is 0 Å². The van der Waals surface area contributed by atoms with Gasteiger partial charge in [-0.3, -0.25) is 0 Å². The summed E-state index contributed by atoms with van der Waals surface area (Å²) in [5.74, 6) is 2.38. The first-order valence-electron chi connectivity index (χ1n) is 6.60. The summed E-state index contributed by atoms with van der Waals surface area (Å²) in [5, 5.41) is 3.41. The molecule has 1 aromatic rings. The Kier molecular flexibility index (Phi) is 5.99. The molecule has 3 heteroatoms. The lowest BCUT2D eigenvalue weighted by atomic mass is 9.88. The first-order valence-corrected chi connectivity index (χ1v) is 6.60. The van der Waals surface area contributed by atoms with Gasteiger partial charge in [-0.1, -0.05) is 26.7 Å². The van der Waals surface area contributed by atoms with Gasteiger partial charge < -0.3 is 14.8 Å². The molecule has 102 valence electrons. The number of methoxy groups -OCH3 is 2. The first-order chi connectivity index (χ1) is 8.71. The van der Waals surface area contributed by atoms with Crippen LogP contribution in [0.5, 0.6) is 11.5 Å². The van der Waals surface area contributed by atoms with Crippen LogP contribution in [0.15, 0.2) is 18.2 Å². The lowest BCUT2D eigenvalue weighted by molar-refractivity contribution is 0.337. The van der Waals surface area contributed by atoms with Gasteiger partial charge in [0, 0.05) is 11.6 Å². The van der Waals surface area contributed by atoms with Crippen molar-refractivity contribution in [2.24, 2.45) is 5.92 Å². The average Bonchev–Trinajstić information content (AvgIpc) is 2.43. The minimum absolute atomic E-state index is 0.296. The second kappa shape index (κ2) is 7.27. The molecule has 0 aliphatic heterocycles. The van der Waals surface area contributed by atoms with E-state index < -0.39 is 0 Å². The molecule has 0 radical (unpaired) electrons. The highest BCUT2D eigenvalue weighted by molar-refractivity contribution is 5.42. The van der Waals surface area contributed by atoms with Gasteiger partial charge in [-0.05, 0) is 31.2 Å². The Balaban J connectivity index is 3.16. The van der Waals surface area contributed by atoms with Crippen molar-refractivity contribution in [1.29, 1.82) is 0 Å². The molecule has 0 aliphatic rings. The predicted molar refractivity (Wildman–Crippen MR) is 75.4 cm³/mol. The molecule has 1 N–H and O–H groups in total. The summed E-state index contributed by atoms with van der Waals surface area (Å²) < 4.78 is 10.8. The zero-order valence-corrected chi connectivity index (χ0v) is 12.1. The van der Waals surface area contributed by atoms with Crippen molar-refractivity contribution in [1.82, 2.24) is 5.32 Å². The van der Waals surface area contributed by atoms with E-state index in [2.05, 4.69) is 25.2 Å². The summed E-state index contributed by atoms with van der Waals surface area (Å²) >= 11 is 0. The van der Waals surface area contributed by atoms with Crippen LogP contribution in [0.25, 0.3) is 0 Å². The van der Waals surface area contributed by atoms with E-state index in [1.54, 1.807) is 14.2 Å². The van der Waals surface area contributed by atoms with Gasteiger partial charge in [-0.25, -0.2) is 0 Å². The molecule has 0 aliphatic carbocycles. The number of nitrogens with one attached hydrogen (secondary N) is 1. The number of hydrogen-bond donors (Lipinski definition) is 1. The minimum atomic E-state index is 0.296. The van der Waals surface area contributed by atoms with Crippen molar-refractivity contribution < 1.29 is 9.47 Å². The Morgan fingerprint density at radius 3 is 2.22 bits per heavy atom. The maximum Gasteiger partial charge on any atom is 0.123 e. The van der Waals surface area contributed by atoms with Gasteiger partial charge in [0.2, 0.25) is 0 Å². The summed E-state index contributed by atoms with van der Waals surface area (Å²) in [7, 11) is 5.41. The Hall–Kier alpha value is -1.22. The normalized spacial score (nSPS) is 12.6. The number of ether oxygens (including phenoxy) is 2. The number of benzene rings is 1. The van der Waals surface area contributed by atoms with E-state index in [4.69, 9.17) is 9.47 Å². The van der Waals surface area contributed by atoms with E-state index in [1.165, 1.54) is 5.56 Å². The fourth-order valence-corrected chi connectivity index (χ4v) is 2.49. The monoisotopic (exact) mass is 251 g/mol. The van der Waals surface area contributed by atoms with Crippen molar-refractivity contribution in [2.75, 3.05) is 21.3 Å². The SMILES string of the molecule is CCC(CC)C(NC)c1cc(OC)ccc1OC. The topological polar surface area (TPSA) is 30.5 Å². The van der Waals surface area contributed by atoms with Crippen LogP contribution < -0.4 is 14.8 Å². The van der Waals surface area contributed by atoms with Gasteiger partial charge in [-0.2, -0.15) is 0 Å². The summed E-state index contributed by atoms with van der Waals surface area (Å²) in [6, 6.07) is 6.27. The standard InChI is InChI=1S/C15H25NO2/c1-6-11(7-2)15(16-3)13-10-12(17-4)8-9-14(13)18-5/h8-11,15-16H,6-7H2,1-5H3. The van der Waals surface area contributed by atoms with Crippen molar-refractivity contribution in [3.8, 4) is 11.5 Å². The van der Waals surface area contributed by atoms with Crippen LogP contribution >= 0.6 is 0 Å². The maximum atomic E-state index is 5.47. The molecule has 0 amide bonds. The quantitative estimate of drug-likeness (QED) is 0.805. The van der Waals surface area contributed by atoms with Crippen LogP contribution in [0.4, 0.5) is 0 Å². The lowest BCUT2D eigenvalue weighted by Crippen LogP contribution is -2.25. The van der Waals surface area contributed by atoms with Gasteiger partial charge in [0.05, 0.1) is 14.2 Å². The second-order valence-electron chi connectivity index (χ2n) is 4.45. The summed E-state index contributed by atoms with van der Waals surface area (Å²) in [4.78, 5) is 0. The first kappa shape index (κ1) is 14.8. The third-order valence-electron chi connectivity index (χ3n) is 3.60. The predicted octanol–water partition coefficient (Wildman–Crippen LogP) is 3.40. The van der Waals surface area contributed by atoms with Crippen LogP contribution in [0.2, 0.25) is 0 Å². The third kappa shape index (κ3) is 3.16. The highest BCUT2D eigenvalue weighted by Crippen LogP contribution is 2.35. The number of hydrogen-bond acceptors (Lipinski definition) is 3. The molecule has 1 unspecified atom stereocenters. The van der Waals surface area contributed by atoms with Crippen molar-refractivity contribution in [2.45, 2.75) is 32.7 Å². The molecule has 0 saturated heterocycles. The molecule has 0 saturated carbocycles. The molecule has 18 heavy (non-hydrogen) atoms. The van der Waals surface area contributed by atoms with E-state index in [1.807, 2.05) is 19.2 Å². The van der Waals surface area contributed by atoms with Gasteiger partial charge in [0.25, 0.3) is 0 Å². The van der Waals surface area contributed by atoms with Crippen LogP contribution in [0, 0.1) is 5.92 Å². The Morgan fingerprint density at radius 1 is 1.11 bits per heavy atom. The Labute approximate surface area is 110 Å². The van der Waals surface area contributed by atoms with Crippen LogP contribution in [0.3, 0.4) is 0 Å². The number of rotatable bonds is 7. The van der Waals surface area contributed by atoms with E-state index in [9.17, 15) is 0 Å². The fourth-order valence-electron chi connectivity index (χ4n) is 2.49. The van der Waals surface area contributed by atoms with Crippen molar-refractivity contribution in [3.63, 3.8) is 0 Å². The second-order valence-corrected chi connectivity index (χ2v) is 4.45. The lowest BCUT2D eigenvalue weighted by Gasteiger charge is -2.27. The largest absolute Gasteiger partial charge is 0.497 e.